The van der Waals surface area contributed by atoms with Gasteiger partial charge in [-0.05, 0) is 23.9 Å². The highest BCUT2D eigenvalue weighted by Crippen LogP contribution is 2.38. The molecule has 1 aliphatic rings. The Morgan fingerprint density at radius 2 is 2.00 bits per heavy atom. The number of amides is 1. The number of fused-ring (bicyclic) bond motifs is 1. The van der Waals surface area contributed by atoms with Crippen LogP contribution in [0.1, 0.15) is 16.8 Å². The molecule has 2 heterocycles. The molecular formula is C16H13ClF2N2O3S. The average molecular weight is 387 g/mol. The van der Waals surface area contributed by atoms with Gasteiger partial charge in [-0.15, -0.1) is 0 Å². The Labute approximate surface area is 151 Å². The van der Waals surface area contributed by atoms with Gasteiger partial charge in [-0.3, -0.25) is 4.79 Å². The van der Waals surface area contributed by atoms with E-state index in [4.69, 9.17) is 21.1 Å². The summed E-state index contributed by atoms with van der Waals surface area (Å²) < 4.78 is 36.3. The van der Waals surface area contributed by atoms with Gasteiger partial charge in [0, 0.05) is 24.8 Å². The summed E-state index contributed by atoms with van der Waals surface area (Å²) in [6.07, 6.45) is 2.08. The molecule has 0 spiro atoms. The fourth-order valence-electron chi connectivity index (χ4n) is 2.21. The Hall–Kier alpha value is -2.06. The molecule has 3 rings (SSSR count). The number of nitrogens with zero attached hydrogens (tertiary/aromatic N) is 1. The molecule has 0 saturated carbocycles. The zero-order chi connectivity index (χ0) is 17.8. The molecule has 0 aliphatic carbocycles. The van der Waals surface area contributed by atoms with Crippen LogP contribution in [0, 0.1) is 0 Å². The Bertz CT molecular complexity index is 792. The van der Waals surface area contributed by atoms with Crippen molar-refractivity contribution < 1.29 is 23.0 Å². The number of aromatic nitrogens is 1. The predicted octanol–water partition coefficient (Wildman–Crippen LogP) is 4.46. The van der Waals surface area contributed by atoms with E-state index in [1.54, 1.807) is 12.1 Å². The molecule has 1 N–H and O–H groups in total. The molecule has 0 unspecified atom stereocenters. The van der Waals surface area contributed by atoms with Crippen LogP contribution in [-0.4, -0.2) is 29.9 Å². The third-order valence-corrected chi connectivity index (χ3v) is 4.34. The highest BCUT2D eigenvalue weighted by molar-refractivity contribution is 7.99. The van der Waals surface area contributed by atoms with Gasteiger partial charge in [0.15, 0.2) is 11.5 Å². The van der Waals surface area contributed by atoms with E-state index in [1.165, 1.54) is 18.3 Å². The highest BCUT2D eigenvalue weighted by atomic mass is 35.5. The average Bonchev–Trinajstić information content (AvgIpc) is 2.80. The highest BCUT2D eigenvalue weighted by Gasteiger charge is 2.19. The number of nitrogens with one attached hydrogen (secondary N) is 1. The van der Waals surface area contributed by atoms with E-state index in [2.05, 4.69) is 10.3 Å². The van der Waals surface area contributed by atoms with E-state index in [1.807, 2.05) is 0 Å². The minimum Gasteiger partial charge on any atom is -0.490 e. The maximum atomic E-state index is 12.6. The van der Waals surface area contributed by atoms with Crippen LogP contribution >= 0.6 is 23.4 Å². The molecule has 0 atom stereocenters. The molecule has 1 aromatic carbocycles. The summed E-state index contributed by atoms with van der Waals surface area (Å²) in [7, 11) is 0. The number of thioether (sulfide) groups is 1. The van der Waals surface area contributed by atoms with Crippen LogP contribution in [0.2, 0.25) is 5.02 Å². The number of anilines is 1. The van der Waals surface area contributed by atoms with Gasteiger partial charge < -0.3 is 14.8 Å². The van der Waals surface area contributed by atoms with E-state index >= 15 is 0 Å². The zero-order valence-electron chi connectivity index (χ0n) is 12.8. The lowest BCUT2D eigenvalue weighted by molar-refractivity contribution is 0.102. The molecule has 2 aromatic rings. The molecule has 132 valence electrons. The molecule has 0 saturated heterocycles. The van der Waals surface area contributed by atoms with Crippen LogP contribution in [0.5, 0.6) is 11.5 Å². The Balaban J connectivity index is 1.85. The summed E-state index contributed by atoms with van der Waals surface area (Å²) in [5, 5.41) is 2.81. The van der Waals surface area contributed by atoms with Crippen molar-refractivity contribution in [3.8, 4) is 11.5 Å². The van der Waals surface area contributed by atoms with Crippen LogP contribution in [0.4, 0.5) is 14.5 Å². The summed E-state index contributed by atoms with van der Waals surface area (Å²) in [6.45, 7) is 0.999. The quantitative estimate of drug-likeness (QED) is 0.786. The molecule has 0 fully saturated rings. The summed E-state index contributed by atoms with van der Waals surface area (Å²) in [5.74, 6) is -2.31. The third kappa shape index (κ3) is 4.32. The van der Waals surface area contributed by atoms with E-state index in [0.29, 0.717) is 30.4 Å². The van der Waals surface area contributed by atoms with Gasteiger partial charge in [0.1, 0.15) is 5.03 Å². The Kier molecular flexibility index (Phi) is 5.60. The van der Waals surface area contributed by atoms with Crippen molar-refractivity contribution in [3.05, 3.63) is 41.0 Å². The lowest BCUT2D eigenvalue weighted by atomic mass is 10.2. The number of benzene rings is 1. The number of rotatable bonds is 4. The standard InChI is InChI=1S/C16H13ClF2N2O3S/c17-10-7-12-13(24-6-2-5-23-12)8-11(10)21-14(22)9-3-1-4-20-15(9)25-16(18)19/h1,3-4,7-8,16H,2,5-6H2,(H,21,22). The number of ether oxygens (including phenoxy) is 2. The summed E-state index contributed by atoms with van der Waals surface area (Å²) in [4.78, 5) is 16.3. The van der Waals surface area contributed by atoms with Crippen molar-refractivity contribution in [2.45, 2.75) is 17.2 Å². The van der Waals surface area contributed by atoms with Gasteiger partial charge in [0.05, 0.1) is 29.5 Å². The van der Waals surface area contributed by atoms with Crippen LogP contribution in [0.3, 0.4) is 0 Å². The minimum atomic E-state index is -2.68. The van der Waals surface area contributed by atoms with Crippen LogP contribution in [0.15, 0.2) is 35.5 Å². The first-order valence-electron chi connectivity index (χ1n) is 7.35. The Morgan fingerprint density at radius 3 is 2.72 bits per heavy atom. The van der Waals surface area contributed by atoms with E-state index in [9.17, 15) is 13.6 Å². The van der Waals surface area contributed by atoms with Crippen molar-refractivity contribution >= 4 is 35.0 Å². The number of halogens is 3. The van der Waals surface area contributed by atoms with Gasteiger partial charge >= 0.3 is 0 Å². The first-order valence-corrected chi connectivity index (χ1v) is 8.60. The summed E-state index contributed by atoms with van der Waals surface area (Å²) in [6, 6.07) is 6.02. The van der Waals surface area contributed by atoms with Crippen molar-refractivity contribution in [3.63, 3.8) is 0 Å². The second-order valence-electron chi connectivity index (χ2n) is 5.02. The molecule has 1 aliphatic heterocycles. The molecule has 0 radical (unpaired) electrons. The second kappa shape index (κ2) is 7.88. The normalized spacial score (nSPS) is 13.4. The summed E-state index contributed by atoms with van der Waals surface area (Å²) >= 11 is 6.39. The lowest BCUT2D eigenvalue weighted by Crippen LogP contribution is -2.14. The fourth-order valence-corrected chi connectivity index (χ4v) is 2.99. The minimum absolute atomic E-state index is 0.0379. The zero-order valence-corrected chi connectivity index (χ0v) is 14.4. The number of carbonyl (C=O) groups excluding carboxylic acids is 1. The number of alkyl halides is 2. The SMILES string of the molecule is O=C(Nc1cc2c(cc1Cl)OCCCO2)c1cccnc1SC(F)F. The van der Waals surface area contributed by atoms with E-state index in [-0.39, 0.29) is 27.4 Å². The molecule has 5 nitrogen and oxygen atoms in total. The first-order chi connectivity index (χ1) is 12.0. The van der Waals surface area contributed by atoms with Crippen molar-refractivity contribution in [2.75, 3.05) is 18.5 Å². The molecule has 1 aromatic heterocycles. The second-order valence-corrected chi connectivity index (χ2v) is 6.40. The van der Waals surface area contributed by atoms with E-state index < -0.39 is 11.7 Å². The number of hydrogen-bond donors (Lipinski definition) is 1. The molecular weight excluding hydrogens is 374 g/mol. The number of pyridine rings is 1. The number of carbonyl (C=O) groups is 1. The maximum Gasteiger partial charge on any atom is 0.290 e. The van der Waals surface area contributed by atoms with Gasteiger partial charge in [0.25, 0.3) is 11.7 Å². The van der Waals surface area contributed by atoms with Crippen molar-refractivity contribution in [1.29, 1.82) is 0 Å². The third-order valence-electron chi connectivity index (χ3n) is 3.30. The maximum absolute atomic E-state index is 12.6. The molecule has 9 heteroatoms. The van der Waals surface area contributed by atoms with Gasteiger partial charge in [-0.25, -0.2) is 4.98 Å². The topological polar surface area (TPSA) is 60.5 Å². The number of hydrogen-bond acceptors (Lipinski definition) is 5. The Morgan fingerprint density at radius 1 is 1.28 bits per heavy atom. The monoisotopic (exact) mass is 386 g/mol. The molecule has 25 heavy (non-hydrogen) atoms. The van der Waals surface area contributed by atoms with Crippen molar-refractivity contribution in [2.24, 2.45) is 0 Å². The van der Waals surface area contributed by atoms with Gasteiger partial charge in [0.2, 0.25) is 0 Å². The van der Waals surface area contributed by atoms with Gasteiger partial charge in [-0.1, -0.05) is 11.6 Å². The predicted molar refractivity (Wildman–Crippen MR) is 91.1 cm³/mol. The molecule has 0 bridgehead atoms. The summed E-state index contributed by atoms with van der Waals surface area (Å²) in [5.41, 5.74) is 0.337. The smallest absolute Gasteiger partial charge is 0.290 e. The fraction of sp³-hybridized carbons (Fsp3) is 0.250. The van der Waals surface area contributed by atoms with Crippen LogP contribution in [-0.2, 0) is 0 Å². The van der Waals surface area contributed by atoms with Crippen LogP contribution < -0.4 is 14.8 Å². The van der Waals surface area contributed by atoms with Gasteiger partial charge in [-0.2, -0.15) is 8.78 Å². The lowest BCUT2D eigenvalue weighted by Gasteiger charge is -2.13. The largest absolute Gasteiger partial charge is 0.490 e. The van der Waals surface area contributed by atoms with Crippen molar-refractivity contribution in [1.82, 2.24) is 4.98 Å². The first kappa shape index (κ1) is 17.8. The van der Waals surface area contributed by atoms with Crippen LogP contribution in [0.25, 0.3) is 0 Å². The van der Waals surface area contributed by atoms with E-state index in [0.717, 1.165) is 6.42 Å². The molecule has 1 amide bonds.